The van der Waals surface area contributed by atoms with Gasteiger partial charge in [0.15, 0.2) is 0 Å². The van der Waals surface area contributed by atoms with E-state index < -0.39 is 6.03 Å². The van der Waals surface area contributed by atoms with Gasteiger partial charge >= 0.3 is 6.03 Å². The molecule has 4 N–H and O–H groups in total. The molecule has 0 unspecified atom stereocenters. The van der Waals surface area contributed by atoms with Crippen LogP contribution in [0.3, 0.4) is 0 Å². The standard InChI is InChI=1S/C17H19N3O2S/c1-10-5-6-15(23-10)13-8-14(13)16(21)19-9-11-3-2-4-12(7-11)20-17(18)22/h2-7,13-14H,8-9H2,1H3,(H,19,21)(H3,18,20,22)/t13-,14+/m1/s1. The summed E-state index contributed by atoms with van der Waals surface area (Å²) in [6.45, 7) is 2.53. The highest BCUT2D eigenvalue weighted by molar-refractivity contribution is 7.12. The van der Waals surface area contributed by atoms with E-state index in [1.54, 1.807) is 23.5 Å². The van der Waals surface area contributed by atoms with Gasteiger partial charge in [0, 0.05) is 33.8 Å². The lowest BCUT2D eigenvalue weighted by Crippen LogP contribution is -2.25. The second kappa shape index (κ2) is 6.42. The molecule has 2 atom stereocenters. The number of rotatable bonds is 5. The minimum atomic E-state index is -0.599. The van der Waals surface area contributed by atoms with Crippen LogP contribution in [0.4, 0.5) is 10.5 Å². The van der Waals surface area contributed by atoms with Crippen molar-refractivity contribution in [1.29, 1.82) is 0 Å². The van der Waals surface area contributed by atoms with Crippen LogP contribution in [0.1, 0.15) is 27.7 Å². The van der Waals surface area contributed by atoms with Gasteiger partial charge in [-0.05, 0) is 43.2 Å². The predicted molar refractivity (Wildman–Crippen MR) is 91.4 cm³/mol. The molecule has 1 aromatic heterocycles. The number of nitrogens with one attached hydrogen (secondary N) is 2. The SMILES string of the molecule is Cc1ccc([C@@H]2C[C@@H]2C(=O)NCc2cccc(NC(N)=O)c2)s1. The number of carbonyl (C=O) groups is 2. The van der Waals surface area contributed by atoms with Gasteiger partial charge in [0.1, 0.15) is 0 Å². The Balaban J connectivity index is 1.53. The average molecular weight is 329 g/mol. The van der Waals surface area contributed by atoms with Gasteiger partial charge in [0.2, 0.25) is 5.91 Å². The molecule has 1 fully saturated rings. The maximum atomic E-state index is 12.2. The van der Waals surface area contributed by atoms with Gasteiger partial charge in [-0.1, -0.05) is 12.1 Å². The minimum absolute atomic E-state index is 0.0833. The number of anilines is 1. The van der Waals surface area contributed by atoms with Gasteiger partial charge in [-0.2, -0.15) is 0 Å². The highest BCUT2D eigenvalue weighted by atomic mass is 32.1. The summed E-state index contributed by atoms with van der Waals surface area (Å²) < 4.78 is 0. The van der Waals surface area contributed by atoms with Crippen LogP contribution in [-0.2, 0) is 11.3 Å². The quantitative estimate of drug-likeness (QED) is 0.788. The maximum absolute atomic E-state index is 12.2. The molecular formula is C17H19N3O2S. The highest BCUT2D eigenvalue weighted by Gasteiger charge is 2.44. The third kappa shape index (κ3) is 3.90. The van der Waals surface area contributed by atoms with Crippen molar-refractivity contribution in [3.63, 3.8) is 0 Å². The number of urea groups is 1. The minimum Gasteiger partial charge on any atom is -0.352 e. The number of nitrogens with two attached hydrogens (primary N) is 1. The third-order valence-corrected chi connectivity index (χ3v) is 5.05. The van der Waals surface area contributed by atoms with Crippen molar-refractivity contribution in [2.45, 2.75) is 25.8 Å². The van der Waals surface area contributed by atoms with E-state index in [9.17, 15) is 9.59 Å². The first-order valence-corrected chi connectivity index (χ1v) is 8.34. The number of amides is 3. The number of aryl methyl sites for hydroxylation is 1. The van der Waals surface area contributed by atoms with E-state index in [-0.39, 0.29) is 11.8 Å². The zero-order valence-corrected chi connectivity index (χ0v) is 13.7. The first kappa shape index (κ1) is 15.6. The Kier molecular flexibility index (Phi) is 4.34. The molecule has 120 valence electrons. The molecular weight excluding hydrogens is 310 g/mol. The topological polar surface area (TPSA) is 84.2 Å². The lowest BCUT2D eigenvalue weighted by Gasteiger charge is -2.07. The largest absolute Gasteiger partial charge is 0.352 e. The van der Waals surface area contributed by atoms with E-state index in [4.69, 9.17) is 5.73 Å². The normalized spacial score (nSPS) is 19.2. The fourth-order valence-electron chi connectivity index (χ4n) is 2.67. The predicted octanol–water partition coefficient (Wildman–Crippen LogP) is 2.97. The fourth-order valence-corrected chi connectivity index (χ4v) is 3.73. The van der Waals surface area contributed by atoms with Crippen molar-refractivity contribution in [3.8, 4) is 0 Å². The Bertz CT molecular complexity index is 741. The summed E-state index contributed by atoms with van der Waals surface area (Å²) in [6.07, 6.45) is 0.926. The zero-order chi connectivity index (χ0) is 16.4. The number of hydrogen-bond acceptors (Lipinski definition) is 3. The first-order valence-electron chi connectivity index (χ1n) is 7.52. The lowest BCUT2D eigenvalue weighted by atomic mass is 10.2. The number of carbonyl (C=O) groups excluding carboxylic acids is 2. The molecule has 0 spiro atoms. The van der Waals surface area contributed by atoms with Crippen LogP contribution < -0.4 is 16.4 Å². The van der Waals surface area contributed by atoms with Crippen molar-refractivity contribution in [2.24, 2.45) is 11.7 Å². The van der Waals surface area contributed by atoms with Gasteiger partial charge in [-0.25, -0.2) is 4.79 Å². The van der Waals surface area contributed by atoms with Gasteiger partial charge in [0.25, 0.3) is 0 Å². The second-order valence-corrected chi connectivity index (χ2v) is 7.12. The summed E-state index contributed by atoms with van der Waals surface area (Å²) >= 11 is 1.77. The smallest absolute Gasteiger partial charge is 0.316 e. The summed E-state index contributed by atoms with van der Waals surface area (Å²) in [4.78, 5) is 25.7. The number of primary amides is 1. The molecule has 0 aliphatic heterocycles. The van der Waals surface area contributed by atoms with Crippen molar-refractivity contribution in [2.75, 3.05) is 5.32 Å². The summed E-state index contributed by atoms with van der Waals surface area (Å²) in [7, 11) is 0. The Labute approximate surface area is 138 Å². The van der Waals surface area contributed by atoms with Gasteiger partial charge < -0.3 is 16.4 Å². The molecule has 1 saturated carbocycles. The van der Waals surface area contributed by atoms with Gasteiger partial charge in [-0.15, -0.1) is 11.3 Å². The molecule has 3 rings (SSSR count). The molecule has 0 radical (unpaired) electrons. The number of thiophene rings is 1. The molecule has 0 bridgehead atoms. The van der Waals surface area contributed by atoms with E-state index in [2.05, 4.69) is 29.7 Å². The summed E-state index contributed by atoms with van der Waals surface area (Å²) in [5.74, 6) is 0.547. The molecule has 6 heteroatoms. The molecule has 0 saturated heterocycles. The van der Waals surface area contributed by atoms with Crippen LogP contribution in [-0.4, -0.2) is 11.9 Å². The monoisotopic (exact) mass is 329 g/mol. The maximum Gasteiger partial charge on any atom is 0.316 e. The fraction of sp³-hybridized carbons (Fsp3) is 0.294. The Hall–Kier alpha value is -2.34. The molecule has 3 amide bonds. The van der Waals surface area contributed by atoms with E-state index in [0.29, 0.717) is 18.2 Å². The van der Waals surface area contributed by atoms with E-state index in [1.165, 1.54) is 9.75 Å². The lowest BCUT2D eigenvalue weighted by molar-refractivity contribution is -0.122. The summed E-state index contributed by atoms with van der Waals surface area (Å²) in [6, 6.07) is 10.9. The molecule has 1 heterocycles. The Morgan fingerprint density at radius 3 is 2.83 bits per heavy atom. The molecule has 5 nitrogen and oxygen atoms in total. The molecule has 1 aliphatic carbocycles. The van der Waals surface area contributed by atoms with Crippen LogP contribution in [0.5, 0.6) is 0 Å². The Morgan fingerprint density at radius 2 is 2.13 bits per heavy atom. The van der Waals surface area contributed by atoms with E-state index >= 15 is 0 Å². The number of hydrogen-bond donors (Lipinski definition) is 3. The second-order valence-electron chi connectivity index (χ2n) is 5.80. The molecule has 2 aromatic rings. The van der Waals surface area contributed by atoms with Crippen LogP contribution in [0.15, 0.2) is 36.4 Å². The van der Waals surface area contributed by atoms with Crippen molar-refractivity contribution < 1.29 is 9.59 Å². The van der Waals surface area contributed by atoms with Crippen LogP contribution in [0.25, 0.3) is 0 Å². The van der Waals surface area contributed by atoms with Gasteiger partial charge in [-0.3, -0.25) is 4.79 Å². The van der Waals surface area contributed by atoms with Crippen molar-refractivity contribution in [3.05, 3.63) is 51.7 Å². The molecule has 1 aliphatic rings. The molecule has 23 heavy (non-hydrogen) atoms. The summed E-state index contributed by atoms with van der Waals surface area (Å²) in [5.41, 5.74) is 6.65. The van der Waals surface area contributed by atoms with Gasteiger partial charge in [0.05, 0.1) is 0 Å². The van der Waals surface area contributed by atoms with E-state index in [1.807, 2.05) is 12.1 Å². The van der Waals surface area contributed by atoms with E-state index in [0.717, 1.165) is 12.0 Å². The van der Waals surface area contributed by atoms with Crippen molar-refractivity contribution in [1.82, 2.24) is 5.32 Å². The van der Waals surface area contributed by atoms with Crippen LogP contribution in [0, 0.1) is 12.8 Å². The molecule has 1 aromatic carbocycles. The van der Waals surface area contributed by atoms with Crippen LogP contribution in [0.2, 0.25) is 0 Å². The summed E-state index contributed by atoms with van der Waals surface area (Å²) in [5, 5.41) is 5.50. The highest BCUT2D eigenvalue weighted by Crippen LogP contribution is 2.49. The first-order chi connectivity index (χ1) is 11.0. The Morgan fingerprint density at radius 1 is 1.30 bits per heavy atom. The van der Waals surface area contributed by atoms with Crippen LogP contribution >= 0.6 is 11.3 Å². The number of benzene rings is 1. The third-order valence-electron chi connectivity index (χ3n) is 3.92. The average Bonchev–Trinajstić information content (AvgIpc) is 3.19. The van der Waals surface area contributed by atoms with Crippen molar-refractivity contribution >= 4 is 29.0 Å². The zero-order valence-electron chi connectivity index (χ0n) is 12.8.